The zero-order chi connectivity index (χ0) is 16.5. The fourth-order valence-electron chi connectivity index (χ4n) is 3.38. The van der Waals surface area contributed by atoms with Gasteiger partial charge in [0.15, 0.2) is 0 Å². The topological polar surface area (TPSA) is 46.6 Å². The number of hydrogen-bond donors (Lipinski definition) is 0. The summed E-state index contributed by atoms with van der Waals surface area (Å²) in [7, 11) is 0. The van der Waals surface area contributed by atoms with E-state index in [1.54, 1.807) is 0 Å². The Morgan fingerprint density at radius 1 is 1.23 bits per heavy atom. The summed E-state index contributed by atoms with van der Waals surface area (Å²) in [5.41, 5.74) is 0.448. The molecule has 1 aliphatic heterocycles. The highest BCUT2D eigenvalue weighted by Gasteiger charge is 2.52. The molecule has 1 fully saturated rings. The van der Waals surface area contributed by atoms with Gasteiger partial charge in [0.05, 0.1) is 6.04 Å². The highest BCUT2D eigenvalue weighted by Crippen LogP contribution is 2.35. The molecule has 0 aromatic heterocycles. The van der Waals surface area contributed by atoms with Crippen molar-refractivity contribution in [1.29, 1.82) is 0 Å². The molecule has 1 heterocycles. The monoisotopic (exact) mass is 303 g/mol. The highest BCUT2D eigenvalue weighted by atomic mass is 16.6. The summed E-state index contributed by atoms with van der Waals surface area (Å²) in [6, 6.07) is 9.62. The zero-order valence-corrected chi connectivity index (χ0v) is 14.0. The number of carbonyl (C=O) groups is 2. The molecule has 4 nitrogen and oxygen atoms in total. The average molecular weight is 303 g/mol. The van der Waals surface area contributed by atoms with Crippen molar-refractivity contribution in [2.24, 2.45) is 11.8 Å². The Morgan fingerprint density at radius 2 is 1.82 bits per heavy atom. The van der Waals surface area contributed by atoms with Gasteiger partial charge >= 0.3 is 6.09 Å². The third-order valence-electron chi connectivity index (χ3n) is 4.21. The summed E-state index contributed by atoms with van der Waals surface area (Å²) >= 11 is 0. The van der Waals surface area contributed by atoms with Gasteiger partial charge in [0, 0.05) is 5.92 Å². The van der Waals surface area contributed by atoms with Crippen LogP contribution in [0.5, 0.6) is 0 Å². The summed E-state index contributed by atoms with van der Waals surface area (Å²) in [6.45, 7) is 9.62. The average Bonchev–Trinajstić information content (AvgIpc) is 2.68. The van der Waals surface area contributed by atoms with Crippen molar-refractivity contribution in [2.45, 2.75) is 52.7 Å². The van der Waals surface area contributed by atoms with Crippen LogP contribution in [0.1, 0.15) is 40.2 Å². The van der Waals surface area contributed by atoms with Crippen LogP contribution < -0.4 is 0 Å². The molecule has 22 heavy (non-hydrogen) atoms. The SMILES string of the molecule is CC(C)[C@H]1N(C(=O)[C@@H](C)Cc2ccccc2)C(=O)OC1(C)C. The molecule has 2 amide bonds. The lowest BCUT2D eigenvalue weighted by molar-refractivity contribution is -0.134. The Hall–Kier alpha value is -1.84. The van der Waals surface area contributed by atoms with E-state index in [9.17, 15) is 9.59 Å². The van der Waals surface area contributed by atoms with Gasteiger partial charge in [-0.3, -0.25) is 4.79 Å². The molecular weight excluding hydrogens is 278 g/mol. The normalized spacial score (nSPS) is 21.8. The summed E-state index contributed by atoms with van der Waals surface area (Å²) < 4.78 is 5.42. The summed E-state index contributed by atoms with van der Waals surface area (Å²) in [4.78, 5) is 26.3. The van der Waals surface area contributed by atoms with E-state index < -0.39 is 11.7 Å². The maximum Gasteiger partial charge on any atom is 0.417 e. The number of nitrogens with zero attached hydrogens (tertiary/aromatic N) is 1. The fourth-order valence-corrected chi connectivity index (χ4v) is 3.38. The molecule has 1 aliphatic rings. The van der Waals surface area contributed by atoms with E-state index >= 15 is 0 Å². The van der Waals surface area contributed by atoms with Gasteiger partial charge in [-0.1, -0.05) is 51.1 Å². The minimum atomic E-state index is -0.645. The van der Waals surface area contributed by atoms with E-state index in [0.29, 0.717) is 6.42 Å². The Labute approximate surface area is 132 Å². The molecule has 1 aromatic carbocycles. The maximum atomic E-state index is 12.8. The second-order valence-corrected chi connectivity index (χ2v) is 6.96. The minimum absolute atomic E-state index is 0.148. The minimum Gasteiger partial charge on any atom is -0.441 e. The second-order valence-electron chi connectivity index (χ2n) is 6.96. The molecule has 0 aliphatic carbocycles. The van der Waals surface area contributed by atoms with Gasteiger partial charge in [0.25, 0.3) is 0 Å². The van der Waals surface area contributed by atoms with Crippen LogP contribution in [0.15, 0.2) is 30.3 Å². The van der Waals surface area contributed by atoms with Crippen molar-refractivity contribution in [1.82, 2.24) is 4.90 Å². The lowest BCUT2D eigenvalue weighted by Gasteiger charge is -2.32. The first-order chi connectivity index (χ1) is 10.2. The lowest BCUT2D eigenvalue weighted by atomic mass is 9.88. The molecule has 1 saturated heterocycles. The number of amides is 2. The summed E-state index contributed by atoms with van der Waals surface area (Å²) in [6.07, 6.45) is 0.0999. The smallest absolute Gasteiger partial charge is 0.417 e. The molecule has 2 atom stereocenters. The van der Waals surface area contributed by atoms with Crippen molar-refractivity contribution in [2.75, 3.05) is 0 Å². The summed E-state index contributed by atoms with van der Waals surface area (Å²) in [5.74, 6) is -0.266. The Morgan fingerprint density at radius 3 is 2.36 bits per heavy atom. The van der Waals surface area contributed by atoms with E-state index in [1.165, 1.54) is 4.90 Å². The predicted octanol–water partition coefficient (Wildman–Crippen LogP) is 3.65. The largest absolute Gasteiger partial charge is 0.441 e. The third-order valence-corrected chi connectivity index (χ3v) is 4.21. The Kier molecular flexibility index (Phi) is 4.59. The molecule has 2 rings (SSSR count). The Bertz CT molecular complexity index is 551. The first-order valence-corrected chi connectivity index (χ1v) is 7.84. The third kappa shape index (κ3) is 3.16. The van der Waals surface area contributed by atoms with Crippen LogP contribution in [0.3, 0.4) is 0 Å². The van der Waals surface area contributed by atoms with Gasteiger partial charge in [0.2, 0.25) is 5.91 Å². The number of carbonyl (C=O) groups excluding carboxylic acids is 2. The van der Waals surface area contributed by atoms with E-state index in [2.05, 4.69) is 0 Å². The van der Waals surface area contributed by atoms with Crippen LogP contribution in [0.25, 0.3) is 0 Å². The van der Waals surface area contributed by atoms with E-state index in [4.69, 9.17) is 4.74 Å². The number of rotatable bonds is 4. The highest BCUT2D eigenvalue weighted by molar-refractivity contribution is 5.95. The molecule has 0 unspecified atom stereocenters. The first kappa shape index (κ1) is 16.5. The zero-order valence-electron chi connectivity index (χ0n) is 14.0. The van der Waals surface area contributed by atoms with E-state index in [-0.39, 0.29) is 23.8 Å². The number of ether oxygens (including phenoxy) is 1. The van der Waals surface area contributed by atoms with Crippen LogP contribution in [0, 0.1) is 11.8 Å². The second kappa shape index (κ2) is 6.11. The molecule has 4 heteroatoms. The Balaban J connectivity index is 2.18. The maximum absolute atomic E-state index is 12.8. The molecule has 0 saturated carbocycles. The van der Waals surface area contributed by atoms with Crippen LogP contribution in [-0.4, -0.2) is 28.5 Å². The van der Waals surface area contributed by atoms with Crippen LogP contribution >= 0.6 is 0 Å². The molecule has 1 aromatic rings. The standard InChI is InChI=1S/C18H25NO3/c1-12(2)15-18(4,5)22-17(21)19(15)16(20)13(3)11-14-9-7-6-8-10-14/h6-10,12-13,15H,11H2,1-5H3/t13-,15+/m0/s1. The van der Waals surface area contributed by atoms with Gasteiger partial charge in [-0.15, -0.1) is 0 Å². The van der Waals surface area contributed by atoms with Gasteiger partial charge in [-0.25, -0.2) is 9.69 Å². The number of cyclic esters (lactones) is 1. The van der Waals surface area contributed by atoms with Crippen LogP contribution in [-0.2, 0) is 16.0 Å². The van der Waals surface area contributed by atoms with Crippen molar-refractivity contribution < 1.29 is 14.3 Å². The van der Waals surface area contributed by atoms with Crippen LogP contribution in [0.4, 0.5) is 4.79 Å². The number of hydrogen-bond acceptors (Lipinski definition) is 3. The molecule has 0 N–H and O–H groups in total. The van der Waals surface area contributed by atoms with Gasteiger partial charge < -0.3 is 4.74 Å². The molecular formula is C18H25NO3. The van der Waals surface area contributed by atoms with E-state index in [0.717, 1.165) is 5.56 Å². The van der Waals surface area contributed by atoms with Crippen LogP contribution in [0.2, 0.25) is 0 Å². The molecule has 0 spiro atoms. The van der Waals surface area contributed by atoms with Gasteiger partial charge in [-0.2, -0.15) is 0 Å². The quantitative estimate of drug-likeness (QED) is 0.853. The number of benzene rings is 1. The molecule has 120 valence electrons. The van der Waals surface area contributed by atoms with Crippen molar-refractivity contribution in [3.63, 3.8) is 0 Å². The van der Waals surface area contributed by atoms with Crippen molar-refractivity contribution in [3.8, 4) is 0 Å². The van der Waals surface area contributed by atoms with Gasteiger partial charge in [0.1, 0.15) is 5.60 Å². The molecule has 0 radical (unpaired) electrons. The van der Waals surface area contributed by atoms with E-state index in [1.807, 2.05) is 65.0 Å². The lowest BCUT2D eigenvalue weighted by Crippen LogP contribution is -2.49. The number of imide groups is 1. The first-order valence-electron chi connectivity index (χ1n) is 7.84. The van der Waals surface area contributed by atoms with Gasteiger partial charge in [-0.05, 0) is 31.7 Å². The molecule has 0 bridgehead atoms. The summed E-state index contributed by atoms with van der Waals surface area (Å²) in [5, 5.41) is 0. The van der Waals surface area contributed by atoms with Crippen molar-refractivity contribution >= 4 is 12.0 Å². The fraction of sp³-hybridized carbons (Fsp3) is 0.556. The predicted molar refractivity (Wildman–Crippen MR) is 85.3 cm³/mol. The van der Waals surface area contributed by atoms with Crippen molar-refractivity contribution in [3.05, 3.63) is 35.9 Å².